The summed E-state index contributed by atoms with van der Waals surface area (Å²) < 4.78 is 9.64. The third-order valence-electron chi connectivity index (χ3n) is 0.636. The molecule has 0 saturated carbocycles. The van der Waals surface area contributed by atoms with E-state index in [9.17, 15) is 4.21 Å². The summed E-state index contributed by atoms with van der Waals surface area (Å²) in [6, 6.07) is 0. The number of aliphatic hydroxyl groups excluding tert-OH is 1. The van der Waals surface area contributed by atoms with Crippen molar-refractivity contribution in [3.63, 3.8) is 0 Å². The van der Waals surface area contributed by atoms with Crippen LogP contribution in [0.15, 0.2) is 0 Å². The minimum Gasteiger partial charge on any atom is -0.396 e. The van der Waals surface area contributed by atoms with Crippen LogP contribution in [-0.4, -0.2) is 17.5 Å². The summed E-state index contributed by atoms with van der Waals surface area (Å²) >= 11 is 0.580. The molecule has 0 radical (unpaired) electrons. The smallest absolute Gasteiger partial charge is 0.396 e. The first-order valence-electron chi connectivity index (χ1n) is 2.27. The summed E-state index contributed by atoms with van der Waals surface area (Å²) in [7, 11) is 0. The molecule has 0 bridgehead atoms. The number of hydrogen-bond donors (Lipinski definition) is 1. The van der Waals surface area contributed by atoms with Gasteiger partial charge in [0.05, 0.1) is 0 Å². The van der Waals surface area contributed by atoms with Crippen LogP contribution >= 0.6 is 0 Å². The molecule has 0 fully saturated rings. The summed E-state index contributed by atoms with van der Waals surface area (Å²) in [5.74, 6) is 0.626. The highest BCUT2D eigenvalue weighted by Crippen LogP contribution is 1.83. The Hall–Kier alpha value is -0.0200. The van der Waals surface area contributed by atoms with Crippen molar-refractivity contribution < 1.29 is 9.32 Å². The van der Waals surface area contributed by atoms with Crippen LogP contribution in [-0.2, 0) is 15.9 Å². The Morgan fingerprint density at radius 3 is 2.57 bits per heavy atom. The molecule has 0 heterocycles. The summed E-state index contributed by atoms with van der Waals surface area (Å²) in [5, 5.41) is 8.18. The van der Waals surface area contributed by atoms with Crippen molar-refractivity contribution in [2.24, 2.45) is 0 Å². The Labute approximate surface area is 47.0 Å². The standard InChI is InChI=1S/C4H9O2S/c5-3-1-2-4-7-6/h5H,1-4H2/q+1. The summed E-state index contributed by atoms with van der Waals surface area (Å²) in [6.07, 6.45) is 1.60. The second kappa shape index (κ2) is 5.98. The molecule has 0 aliphatic heterocycles. The first kappa shape index (κ1) is 6.98. The molecule has 0 aromatic rings. The molecular formula is C4H9O2S+. The maximum Gasteiger partial charge on any atom is 0.458 e. The van der Waals surface area contributed by atoms with E-state index >= 15 is 0 Å². The van der Waals surface area contributed by atoms with Gasteiger partial charge in [0.2, 0.25) is 5.75 Å². The Bertz CT molecular complexity index is 47.0. The number of hydrogen-bond acceptors (Lipinski definition) is 2. The fourth-order valence-electron chi connectivity index (χ4n) is 0.273. The van der Waals surface area contributed by atoms with Gasteiger partial charge in [-0.3, -0.25) is 0 Å². The van der Waals surface area contributed by atoms with E-state index in [1.54, 1.807) is 0 Å². The van der Waals surface area contributed by atoms with Crippen molar-refractivity contribution in [3.8, 4) is 0 Å². The molecule has 0 spiro atoms. The predicted octanol–water partition coefficient (Wildman–Crippen LogP) is 0.187. The lowest BCUT2D eigenvalue weighted by atomic mass is 10.4. The van der Waals surface area contributed by atoms with Crippen LogP contribution in [0.4, 0.5) is 0 Å². The van der Waals surface area contributed by atoms with E-state index in [2.05, 4.69) is 0 Å². The van der Waals surface area contributed by atoms with Gasteiger partial charge in [-0.25, -0.2) is 0 Å². The minimum absolute atomic E-state index is 0.209. The first-order valence-corrected chi connectivity index (χ1v) is 3.18. The number of rotatable bonds is 4. The average Bonchev–Trinajstić information content (AvgIpc) is 1.69. The average molecular weight is 121 g/mol. The van der Waals surface area contributed by atoms with E-state index in [-0.39, 0.29) is 6.61 Å². The van der Waals surface area contributed by atoms with Crippen molar-refractivity contribution >= 4 is 11.7 Å². The highest BCUT2D eigenvalue weighted by atomic mass is 32.1. The maximum atomic E-state index is 9.64. The Kier molecular flexibility index (Phi) is 5.96. The van der Waals surface area contributed by atoms with Crippen LogP contribution in [0.1, 0.15) is 12.8 Å². The van der Waals surface area contributed by atoms with Crippen LogP contribution in [0.25, 0.3) is 0 Å². The van der Waals surface area contributed by atoms with Gasteiger partial charge in [0.1, 0.15) is 0 Å². The van der Waals surface area contributed by atoms with Crippen LogP contribution in [0.5, 0.6) is 0 Å². The van der Waals surface area contributed by atoms with E-state index in [0.29, 0.717) is 17.4 Å². The molecule has 2 nitrogen and oxygen atoms in total. The van der Waals surface area contributed by atoms with Crippen molar-refractivity contribution in [1.82, 2.24) is 0 Å². The van der Waals surface area contributed by atoms with Crippen molar-refractivity contribution in [1.29, 1.82) is 0 Å². The lowest BCUT2D eigenvalue weighted by Crippen LogP contribution is -1.85. The molecule has 0 aromatic heterocycles. The zero-order chi connectivity index (χ0) is 5.54. The van der Waals surface area contributed by atoms with Gasteiger partial charge < -0.3 is 5.11 Å². The molecule has 7 heavy (non-hydrogen) atoms. The molecule has 0 atom stereocenters. The number of aliphatic hydroxyl groups is 1. The second-order valence-electron chi connectivity index (χ2n) is 1.25. The van der Waals surface area contributed by atoms with E-state index in [1.807, 2.05) is 0 Å². The third-order valence-corrected chi connectivity index (χ3v) is 1.09. The van der Waals surface area contributed by atoms with Crippen LogP contribution in [0.2, 0.25) is 0 Å². The fraction of sp³-hybridized carbons (Fsp3) is 1.00. The zero-order valence-corrected chi connectivity index (χ0v) is 4.91. The Balaban J connectivity index is 2.56. The summed E-state index contributed by atoms with van der Waals surface area (Å²) in [5.41, 5.74) is 0. The highest BCUT2D eigenvalue weighted by Gasteiger charge is 1.94. The summed E-state index contributed by atoms with van der Waals surface area (Å²) in [6.45, 7) is 0.209. The van der Waals surface area contributed by atoms with Gasteiger partial charge in [-0.05, 0) is 6.42 Å². The van der Waals surface area contributed by atoms with Gasteiger partial charge in [-0.2, -0.15) is 0 Å². The van der Waals surface area contributed by atoms with Crippen LogP contribution in [0.3, 0.4) is 0 Å². The molecule has 1 N–H and O–H groups in total. The highest BCUT2D eigenvalue weighted by molar-refractivity contribution is 7.65. The quantitative estimate of drug-likeness (QED) is 0.426. The normalized spacial score (nSPS) is 8.71. The molecule has 0 unspecified atom stereocenters. The SMILES string of the molecule is O=[S+]CCCCO. The van der Waals surface area contributed by atoms with E-state index in [1.165, 1.54) is 0 Å². The second-order valence-corrected chi connectivity index (χ2v) is 1.90. The lowest BCUT2D eigenvalue weighted by molar-refractivity contribution is 0.287. The Morgan fingerprint density at radius 2 is 2.14 bits per heavy atom. The molecule has 0 aromatic carbocycles. The maximum absolute atomic E-state index is 9.64. The molecule has 0 rings (SSSR count). The Morgan fingerprint density at radius 1 is 1.43 bits per heavy atom. The van der Waals surface area contributed by atoms with Crippen LogP contribution in [0, 0.1) is 0 Å². The van der Waals surface area contributed by atoms with Crippen molar-refractivity contribution in [2.75, 3.05) is 12.4 Å². The molecule has 0 amide bonds. The third kappa shape index (κ3) is 5.98. The van der Waals surface area contributed by atoms with Gasteiger partial charge in [0.25, 0.3) is 0 Å². The van der Waals surface area contributed by atoms with Gasteiger partial charge in [-0.1, -0.05) is 0 Å². The van der Waals surface area contributed by atoms with Crippen molar-refractivity contribution in [2.45, 2.75) is 12.8 Å². The molecule has 3 heteroatoms. The fourth-order valence-corrected chi connectivity index (χ4v) is 0.595. The van der Waals surface area contributed by atoms with E-state index < -0.39 is 0 Å². The van der Waals surface area contributed by atoms with E-state index in [4.69, 9.17) is 5.11 Å². The molecule has 42 valence electrons. The molecule has 0 aliphatic carbocycles. The first-order chi connectivity index (χ1) is 3.41. The number of unbranched alkanes of at least 4 members (excludes halogenated alkanes) is 1. The largest absolute Gasteiger partial charge is 0.458 e. The zero-order valence-electron chi connectivity index (χ0n) is 4.09. The van der Waals surface area contributed by atoms with E-state index in [0.717, 1.165) is 12.8 Å². The minimum atomic E-state index is 0.209. The lowest BCUT2D eigenvalue weighted by Gasteiger charge is -1.79. The van der Waals surface area contributed by atoms with Crippen LogP contribution < -0.4 is 0 Å². The van der Waals surface area contributed by atoms with Gasteiger partial charge >= 0.3 is 11.7 Å². The molecule has 0 saturated heterocycles. The van der Waals surface area contributed by atoms with Crippen molar-refractivity contribution in [3.05, 3.63) is 0 Å². The van der Waals surface area contributed by atoms with Gasteiger partial charge in [-0.15, -0.1) is 0 Å². The summed E-state index contributed by atoms with van der Waals surface area (Å²) in [4.78, 5) is 0. The van der Waals surface area contributed by atoms with Gasteiger partial charge in [0, 0.05) is 17.2 Å². The molecule has 0 aliphatic rings. The monoisotopic (exact) mass is 121 g/mol. The molecular weight excluding hydrogens is 112 g/mol. The topological polar surface area (TPSA) is 37.3 Å². The van der Waals surface area contributed by atoms with Gasteiger partial charge in [0.15, 0.2) is 0 Å². The predicted molar refractivity (Wildman–Crippen MR) is 29.2 cm³/mol.